The molecule has 1 heterocycles. The molecule has 26 heavy (non-hydrogen) atoms. The number of thioether (sulfide) groups is 1. The molecule has 0 spiro atoms. The van der Waals surface area contributed by atoms with Crippen molar-refractivity contribution < 1.29 is 27.0 Å². The minimum absolute atomic E-state index is 0. The molecule has 2 rings (SSSR count). The molecule has 0 saturated heterocycles. The number of pyridine rings is 1. The number of benzene rings is 1. The van der Waals surface area contributed by atoms with Crippen LogP contribution in [0.5, 0.6) is 0 Å². The maximum atomic E-state index is 5.68. The van der Waals surface area contributed by atoms with E-state index in [-0.39, 0.29) is 22.3 Å². The van der Waals surface area contributed by atoms with Gasteiger partial charge in [0.05, 0.1) is 0 Å². The van der Waals surface area contributed by atoms with Crippen molar-refractivity contribution >= 4 is 59.1 Å². The van der Waals surface area contributed by atoms with Gasteiger partial charge in [0, 0.05) is 0 Å². The first-order valence-electron chi connectivity index (χ1n) is 6.33. The summed E-state index contributed by atoms with van der Waals surface area (Å²) in [6.45, 7) is 0. The summed E-state index contributed by atoms with van der Waals surface area (Å²) in [5, 5.41) is 0. The van der Waals surface area contributed by atoms with Gasteiger partial charge in [0.25, 0.3) is 0 Å². The molecule has 2 aromatic rings. The molecule has 0 bridgehead atoms. The number of aryl methyl sites for hydroxylation is 1. The van der Waals surface area contributed by atoms with Crippen LogP contribution in [0.2, 0.25) is 0 Å². The molecule has 0 aliphatic rings. The summed E-state index contributed by atoms with van der Waals surface area (Å²) in [5.74, 6) is 0. The number of halogens is 4. The Morgan fingerprint density at radius 1 is 0.846 bits per heavy atom. The van der Waals surface area contributed by atoms with Crippen LogP contribution in [-0.4, -0.2) is 13.5 Å². The van der Waals surface area contributed by atoms with E-state index in [0.29, 0.717) is 0 Å². The molecule has 1 aromatic carbocycles. The van der Waals surface area contributed by atoms with E-state index in [4.69, 9.17) is 38.8 Å². The van der Waals surface area contributed by atoms with E-state index in [0.717, 1.165) is 18.5 Å². The molecule has 0 amide bonds. The van der Waals surface area contributed by atoms with Gasteiger partial charge < -0.3 is 22.3 Å². The summed E-state index contributed by atoms with van der Waals surface area (Å²) < 4.78 is 3.92. The first kappa shape index (κ1) is 31.6. The number of nitrogens with zero attached hydrogens (tertiary/aromatic N) is 1. The summed E-state index contributed by atoms with van der Waals surface area (Å²) in [6.07, 6.45) is 3.67. The Bertz CT molecular complexity index is 618. The van der Waals surface area contributed by atoms with E-state index in [1.54, 1.807) is 18.0 Å². The van der Waals surface area contributed by atoms with E-state index in [2.05, 4.69) is 4.98 Å². The summed E-state index contributed by atoms with van der Waals surface area (Å²) in [6, 6.07) is 15.9. The molecule has 1 nitrogen and oxygen atoms in total. The Morgan fingerprint density at radius 3 is 1.96 bits per heavy atom. The van der Waals surface area contributed by atoms with Gasteiger partial charge in [0.15, 0.2) is 0 Å². The van der Waals surface area contributed by atoms with Crippen LogP contribution in [0.3, 0.4) is 0 Å². The van der Waals surface area contributed by atoms with Gasteiger partial charge in [-0.2, -0.15) is 0 Å². The topological polar surface area (TPSA) is 12.9 Å². The van der Waals surface area contributed by atoms with Crippen LogP contribution in [-0.2, 0) is 33.5 Å². The molecule has 0 radical (unpaired) electrons. The third-order valence-electron chi connectivity index (χ3n) is 2.32. The zero-order chi connectivity index (χ0) is 16.9. The molecule has 0 unspecified atom stereocenters. The molecule has 0 aliphatic carbocycles. The van der Waals surface area contributed by atoms with Crippen molar-refractivity contribution in [2.75, 3.05) is 0 Å². The second-order valence-electron chi connectivity index (χ2n) is 3.93. The normalized spacial score (nSPS) is 9.69. The van der Waals surface area contributed by atoms with Crippen molar-refractivity contribution in [1.82, 2.24) is 4.98 Å². The number of hydrogen-bond acceptors (Lipinski definition) is 2. The zero-order valence-corrected chi connectivity index (χ0v) is 22.2. The van der Waals surface area contributed by atoms with E-state index in [1.807, 2.05) is 57.1 Å². The monoisotopic (exact) mass is 630 g/mol. The van der Waals surface area contributed by atoms with Gasteiger partial charge in [-0.1, -0.05) is 0 Å². The van der Waals surface area contributed by atoms with E-state index < -0.39 is 27.0 Å². The number of rotatable bonds is 5. The quantitative estimate of drug-likeness (QED) is 0.192. The fourth-order valence-corrected chi connectivity index (χ4v) is 5.71. The van der Waals surface area contributed by atoms with Crippen LogP contribution >= 0.6 is 50.5 Å². The van der Waals surface area contributed by atoms with E-state index >= 15 is 0 Å². The Balaban J connectivity index is -0.000000366. The second-order valence-corrected chi connectivity index (χ2v) is 17.2. The van der Waals surface area contributed by atoms with Crippen molar-refractivity contribution in [2.24, 2.45) is 0 Å². The van der Waals surface area contributed by atoms with Gasteiger partial charge in [-0.05, 0) is 0 Å². The Labute approximate surface area is 189 Å². The third kappa shape index (κ3) is 18.2. The molecule has 8 heteroatoms. The predicted molar refractivity (Wildman–Crippen MR) is 120 cm³/mol. The van der Waals surface area contributed by atoms with E-state index in [9.17, 15) is 0 Å². The van der Waals surface area contributed by atoms with Crippen molar-refractivity contribution in [3.8, 4) is 0 Å². The first-order valence-corrected chi connectivity index (χ1v) is 18.2. The maximum absolute atomic E-state index is 5.68. The average Bonchev–Trinajstić information content (AvgIpc) is 2.55. The molecule has 0 fully saturated rings. The zero-order valence-electron chi connectivity index (χ0n) is 14.8. The standard InChI is InChI=1S/C8H9N.C7H6S.3CH3.4ClH.2Ru/c1-2-5-8-6-3-4-7-9-8;1-8-7-5-3-2-4-6-7;;;;;;;;;/h1,3-4,6-7H,2,5H2;1-6H;3*1H3;4*1H;;/q;;3*-1;;;;;2*+2/p-4. The summed E-state index contributed by atoms with van der Waals surface area (Å²) >= 11 is -1.55. The first-order chi connectivity index (χ1) is 11.1. The number of aromatic nitrogens is 1. The molecular weight excluding hydrogens is 606 g/mol. The van der Waals surface area contributed by atoms with Crippen molar-refractivity contribution in [1.29, 1.82) is 0 Å². The fraction of sp³-hybridized carbons (Fsp3) is 0.111. The molecular formula is C18H24Cl4NRu2S-3. The Morgan fingerprint density at radius 2 is 1.46 bits per heavy atom. The van der Waals surface area contributed by atoms with Crippen LogP contribution < -0.4 is 0 Å². The van der Waals surface area contributed by atoms with Crippen molar-refractivity contribution in [2.45, 2.75) is 17.7 Å². The van der Waals surface area contributed by atoms with Gasteiger partial charge in [-0.3, -0.25) is 0 Å². The number of hydrogen-bond donors (Lipinski definition) is 0. The van der Waals surface area contributed by atoms with Gasteiger partial charge >= 0.3 is 169 Å². The third-order valence-corrected chi connectivity index (χ3v) is 9.18. The summed E-state index contributed by atoms with van der Waals surface area (Å²) in [4.78, 5) is 5.37. The van der Waals surface area contributed by atoms with Gasteiger partial charge in [0.1, 0.15) is 0 Å². The molecule has 0 saturated carbocycles. The second kappa shape index (κ2) is 20.6. The van der Waals surface area contributed by atoms with Gasteiger partial charge in [-0.15, -0.1) is 0 Å². The van der Waals surface area contributed by atoms with Gasteiger partial charge in [0.2, 0.25) is 0 Å². The van der Waals surface area contributed by atoms with Crippen LogP contribution in [0.25, 0.3) is 0 Å². The molecule has 1 aromatic heterocycles. The van der Waals surface area contributed by atoms with Crippen molar-refractivity contribution in [3.63, 3.8) is 0 Å². The molecule has 0 N–H and O–H groups in total. The summed E-state index contributed by atoms with van der Waals surface area (Å²) in [5.41, 5.74) is 1.09. The Kier molecular flexibility index (Phi) is 25.0. The van der Waals surface area contributed by atoms with Crippen LogP contribution in [0.1, 0.15) is 12.1 Å². The van der Waals surface area contributed by atoms with Crippen molar-refractivity contribution in [3.05, 3.63) is 82.7 Å². The predicted octanol–water partition coefficient (Wildman–Crippen LogP) is 7.56. The van der Waals surface area contributed by atoms with E-state index in [1.165, 1.54) is 4.90 Å². The van der Waals surface area contributed by atoms with Crippen LogP contribution in [0, 0.1) is 22.3 Å². The minimum atomic E-state index is -1.59. The van der Waals surface area contributed by atoms with Crippen LogP contribution in [0.4, 0.5) is 0 Å². The Hall–Kier alpha value is 0.867. The molecule has 0 aliphatic heterocycles. The molecule has 154 valence electrons. The van der Waals surface area contributed by atoms with Gasteiger partial charge in [-0.25, -0.2) is 0 Å². The van der Waals surface area contributed by atoms with Crippen LogP contribution in [0.15, 0.2) is 59.6 Å². The SMILES string of the molecule is [CH3-].[CH3-].[CH3-].[Cl][Ru]([Cl])=[CH]CCc1ccccn1.[Cl][Ru]([Cl])=[CH]Sc1ccccc1. The average molecular weight is 630 g/mol. The molecule has 0 atom stereocenters. The fourth-order valence-electron chi connectivity index (χ4n) is 1.40. The summed E-state index contributed by atoms with van der Waals surface area (Å²) in [7, 11) is 22.7.